The Labute approximate surface area is 75.9 Å². The maximum Gasteiger partial charge on any atom is -0.00124 e. The van der Waals surface area contributed by atoms with Gasteiger partial charge in [0, 0.05) is 0 Å². The number of piperidine rings is 1. The fraction of sp³-hybridized carbons (Fsp3) is 1.00. The van der Waals surface area contributed by atoms with E-state index in [1.165, 1.54) is 6.42 Å². The van der Waals surface area contributed by atoms with E-state index in [0.29, 0.717) is 5.41 Å². The van der Waals surface area contributed by atoms with Crippen molar-refractivity contribution in [2.75, 3.05) is 19.6 Å². The second-order valence-electron chi connectivity index (χ2n) is 4.96. The molecule has 1 saturated heterocycles. The van der Waals surface area contributed by atoms with Crippen LogP contribution in [0.15, 0.2) is 0 Å². The van der Waals surface area contributed by atoms with Crippen LogP contribution in [0.2, 0.25) is 0 Å². The van der Waals surface area contributed by atoms with Crippen LogP contribution in [0.1, 0.15) is 27.2 Å². The van der Waals surface area contributed by atoms with Crippen molar-refractivity contribution in [1.82, 2.24) is 5.32 Å². The van der Waals surface area contributed by atoms with Crippen molar-refractivity contribution in [3.8, 4) is 0 Å². The molecule has 0 bridgehead atoms. The minimum absolute atomic E-state index is 0.400. The summed E-state index contributed by atoms with van der Waals surface area (Å²) in [7, 11) is 0. The van der Waals surface area contributed by atoms with Crippen molar-refractivity contribution in [2.24, 2.45) is 23.0 Å². The van der Waals surface area contributed by atoms with E-state index in [1.54, 1.807) is 0 Å². The van der Waals surface area contributed by atoms with Crippen molar-refractivity contribution in [1.29, 1.82) is 0 Å². The zero-order valence-corrected chi connectivity index (χ0v) is 8.56. The Balaban J connectivity index is 2.59. The standard InChI is InChI=1S/C10H22N2/c1-10(2,3)9-7-12-5-4-8(9)6-11/h8-9,12H,4-7,11H2,1-3H3. The fourth-order valence-electron chi connectivity index (χ4n) is 2.21. The minimum atomic E-state index is 0.400. The molecule has 1 aliphatic rings. The van der Waals surface area contributed by atoms with Gasteiger partial charge in [0.1, 0.15) is 0 Å². The molecule has 0 amide bonds. The molecule has 1 aliphatic heterocycles. The number of nitrogens with one attached hydrogen (secondary N) is 1. The number of rotatable bonds is 1. The van der Waals surface area contributed by atoms with E-state index >= 15 is 0 Å². The van der Waals surface area contributed by atoms with E-state index in [-0.39, 0.29) is 0 Å². The Bertz CT molecular complexity index is 137. The van der Waals surface area contributed by atoms with Gasteiger partial charge in [-0.25, -0.2) is 0 Å². The second kappa shape index (κ2) is 3.75. The summed E-state index contributed by atoms with van der Waals surface area (Å²) in [4.78, 5) is 0. The Morgan fingerprint density at radius 2 is 2.08 bits per heavy atom. The van der Waals surface area contributed by atoms with E-state index < -0.39 is 0 Å². The Kier molecular flexibility index (Phi) is 3.13. The lowest BCUT2D eigenvalue weighted by Crippen LogP contribution is -2.45. The highest BCUT2D eigenvalue weighted by Gasteiger charge is 2.32. The molecule has 2 nitrogen and oxygen atoms in total. The van der Waals surface area contributed by atoms with Gasteiger partial charge >= 0.3 is 0 Å². The Hall–Kier alpha value is -0.0800. The second-order valence-corrected chi connectivity index (χ2v) is 4.96. The van der Waals surface area contributed by atoms with Crippen molar-refractivity contribution >= 4 is 0 Å². The van der Waals surface area contributed by atoms with Gasteiger partial charge in [-0.3, -0.25) is 0 Å². The number of hydrogen-bond acceptors (Lipinski definition) is 2. The first-order valence-electron chi connectivity index (χ1n) is 4.96. The molecular formula is C10H22N2. The molecule has 0 aromatic rings. The maximum atomic E-state index is 5.76. The lowest BCUT2D eigenvalue weighted by atomic mass is 9.70. The third kappa shape index (κ3) is 2.20. The molecule has 0 aromatic heterocycles. The van der Waals surface area contributed by atoms with Gasteiger partial charge in [0.2, 0.25) is 0 Å². The largest absolute Gasteiger partial charge is 0.330 e. The monoisotopic (exact) mass is 170 g/mol. The Morgan fingerprint density at radius 1 is 1.42 bits per heavy atom. The van der Waals surface area contributed by atoms with Crippen LogP contribution in [-0.4, -0.2) is 19.6 Å². The topological polar surface area (TPSA) is 38.0 Å². The normalized spacial score (nSPS) is 32.0. The summed E-state index contributed by atoms with van der Waals surface area (Å²) in [5, 5.41) is 3.45. The summed E-state index contributed by atoms with van der Waals surface area (Å²) in [6.07, 6.45) is 1.25. The van der Waals surface area contributed by atoms with E-state index in [9.17, 15) is 0 Å². The summed E-state index contributed by atoms with van der Waals surface area (Å²) in [6.45, 7) is 10.1. The third-order valence-electron chi connectivity index (χ3n) is 3.04. The van der Waals surface area contributed by atoms with Crippen molar-refractivity contribution < 1.29 is 0 Å². The molecule has 0 spiro atoms. The first-order chi connectivity index (χ1) is 5.55. The first-order valence-corrected chi connectivity index (χ1v) is 4.96. The van der Waals surface area contributed by atoms with Crippen LogP contribution in [-0.2, 0) is 0 Å². The highest BCUT2D eigenvalue weighted by Crippen LogP contribution is 2.34. The zero-order valence-electron chi connectivity index (χ0n) is 8.56. The summed E-state index contributed by atoms with van der Waals surface area (Å²) in [6, 6.07) is 0. The molecule has 1 rings (SSSR count). The van der Waals surface area contributed by atoms with Gasteiger partial charge in [-0.1, -0.05) is 20.8 Å². The van der Waals surface area contributed by atoms with Crippen molar-refractivity contribution in [2.45, 2.75) is 27.2 Å². The van der Waals surface area contributed by atoms with Crippen LogP contribution in [0.5, 0.6) is 0 Å². The van der Waals surface area contributed by atoms with Crippen LogP contribution in [0, 0.1) is 17.3 Å². The average Bonchev–Trinajstić information content (AvgIpc) is 2.03. The zero-order chi connectivity index (χ0) is 9.19. The van der Waals surface area contributed by atoms with Gasteiger partial charge in [0.05, 0.1) is 0 Å². The molecule has 12 heavy (non-hydrogen) atoms. The molecule has 0 saturated carbocycles. The van der Waals surface area contributed by atoms with Gasteiger partial charge in [-0.15, -0.1) is 0 Å². The SMILES string of the molecule is CC(C)(C)C1CNCCC1CN. The number of hydrogen-bond donors (Lipinski definition) is 2. The van der Waals surface area contributed by atoms with Crippen LogP contribution >= 0.6 is 0 Å². The molecule has 0 aliphatic carbocycles. The molecule has 3 N–H and O–H groups in total. The van der Waals surface area contributed by atoms with E-state index in [1.807, 2.05) is 0 Å². The minimum Gasteiger partial charge on any atom is -0.330 e. The predicted molar refractivity (Wildman–Crippen MR) is 53.0 cm³/mol. The van der Waals surface area contributed by atoms with Gasteiger partial charge in [-0.05, 0) is 43.3 Å². The molecule has 1 heterocycles. The molecular weight excluding hydrogens is 148 g/mol. The highest BCUT2D eigenvalue weighted by atomic mass is 14.9. The third-order valence-corrected chi connectivity index (χ3v) is 3.04. The first kappa shape index (κ1) is 10.0. The van der Waals surface area contributed by atoms with E-state index in [4.69, 9.17) is 5.73 Å². The molecule has 1 fully saturated rings. The van der Waals surface area contributed by atoms with Crippen LogP contribution in [0.4, 0.5) is 0 Å². The van der Waals surface area contributed by atoms with E-state index in [0.717, 1.165) is 31.5 Å². The van der Waals surface area contributed by atoms with Gasteiger partial charge < -0.3 is 11.1 Å². The summed E-state index contributed by atoms with van der Waals surface area (Å²) < 4.78 is 0. The smallest absolute Gasteiger partial charge is 0.00124 e. The summed E-state index contributed by atoms with van der Waals surface area (Å²) >= 11 is 0. The van der Waals surface area contributed by atoms with Crippen LogP contribution < -0.4 is 11.1 Å². The summed E-state index contributed by atoms with van der Waals surface area (Å²) in [5.74, 6) is 1.47. The maximum absolute atomic E-state index is 5.76. The molecule has 2 heteroatoms. The molecule has 2 unspecified atom stereocenters. The Morgan fingerprint density at radius 3 is 2.50 bits per heavy atom. The predicted octanol–water partition coefficient (Wildman–Crippen LogP) is 1.22. The van der Waals surface area contributed by atoms with Crippen molar-refractivity contribution in [3.63, 3.8) is 0 Å². The lowest BCUT2D eigenvalue weighted by Gasteiger charge is -2.40. The van der Waals surface area contributed by atoms with Crippen LogP contribution in [0.25, 0.3) is 0 Å². The summed E-state index contributed by atoms with van der Waals surface area (Å²) in [5.41, 5.74) is 6.16. The lowest BCUT2D eigenvalue weighted by molar-refractivity contribution is 0.126. The van der Waals surface area contributed by atoms with Gasteiger partial charge in [-0.2, -0.15) is 0 Å². The number of nitrogens with two attached hydrogens (primary N) is 1. The van der Waals surface area contributed by atoms with Gasteiger partial charge in [0.15, 0.2) is 0 Å². The van der Waals surface area contributed by atoms with E-state index in [2.05, 4.69) is 26.1 Å². The van der Waals surface area contributed by atoms with Crippen molar-refractivity contribution in [3.05, 3.63) is 0 Å². The average molecular weight is 170 g/mol. The molecule has 72 valence electrons. The molecule has 0 aromatic carbocycles. The highest BCUT2D eigenvalue weighted by molar-refractivity contribution is 4.86. The quantitative estimate of drug-likeness (QED) is 0.621. The fourth-order valence-corrected chi connectivity index (χ4v) is 2.21. The molecule has 0 radical (unpaired) electrons. The van der Waals surface area contributed by atoms with Crippen LogP contribution in [0.3, 0.4) is 0 Å². The molecule has 2 atom stereocenters. The van der Waals surface area contributed by atoms with Gasteiger partial charge in [0.25, 0.3) is 0 Å².